The number of carbonyl (C=O) groups excluding carboxylic acids is 2. The minimum atomic E-state index is -4.91. The molecular weight excluding hydrogens is 380 g/mol. The van der Waals surface area contributed by atoms with E-state index in [4.69, 9.17) is 23.2 Å². The average molecular weight is 397 g/mol. The number of hydrogen-bond donors (Lipinski definition) is 1. The summed E-state index contributed by atoms with van der Waals surface area (Å²) in [5.74, 6) is -2.89. The maximum atomic E-state index is 12.5. The smallest absolute Gasteiger partial charge is 0.355 e. The number of nitrogens with one attached hydrogen (secondary N) is 1. The van der Waals surface area contributed by atoms with E-state index in [0.29, 0.717) is 40.8 Å². The van der Waals surface area contributed by atoms with Gasteiger partial charge in [0, 0.05) is 29.7 Å². The highest BCUT2D eigenvalue weighted by molar-refractivity contribution is 6.35. The van der Waals surface area contributed by atoms with Gasteiger partial charge in [-0.3, -0.25) is 9.59 Å². The Morgan fingerprint density at radius 2 is 2.00 bits per heavy atom. The van der Waals surface area contributed by atoms with Gasteiger partial charge < -0.3 is 10.2 Å². The Labute approximate surface area is 153 Å². The number of halogens is 5. The van der Waals surface area contributed by atoms with Gasteiger partial charge in [-0.25, -0.2) is 0 Å². The lowest BCUT2D eigenvalue weighted by atomic mass is 9.97. The molecule has 1 heterocycles. The molecule has 138 valence electrons. The largest absolute Gasteiger partial charge is 0.471 e. The lowest BCUT2D eigenvalue weighted by Crippen LogP contribution is -2.49. The zero-order chi connectivity index (χ0) is 18.6. The fourth-order valence-corrected chi connectivity index (χ4v) is 3.25. The van der Waals surface area contributed by atoms with Crippen LogP contribution in [0.4, 0.5) is 13.2 Å². The molecule has 1 saturated heterocycles. The minimum absolute atomic E-state index is 0.0164. The molecule has 0 spiro atoms. The van der Waals surface area contributed by atoms with Crippen LogP contribution in [0.25, 0.3) is 0 Å². The zero-order valence-electron chi connectivity index (χ0n) is 13.2. The summed E-state index contributed by atoms with van der Waals surface area (Å²) >= 11 is 11.9. The van der Waals surface area contributed by atoms with Gasteiger partial charge >= 0.3 is 12.1 Å². The fraction of sp³-hybridized carbons (Fsp3) is 0.500. The Balaban J connectivity index is 1.85. The first-order chi connectivity index (χ1) is 11.7. The van der Waals surface area contributed by atoms with Crippen molar-refractivity contribution in [3.8, 4) is 0 Å². The van der Waals surface area contributed by atoms with Crippen LogP contribution in [0, 0.1) is 5.92 Å². The zero-order valence-corrected chi connectivity index (χ0v) is 14.7. The second kappa shape index (κ2) is 8.27. The van der Waals surface area contributed by atoms with Crippen LogP contribution < -0.4 is 5.32 Å². The van der Waals surface area contributed by atoms with Crippen LogP contribution in [0.5, 0.6) is 0 Å². The molecule has 0 saturated carbocycles. The summed E-state index contributed by atoms with van der Waals surface area (Å²) in [4.78, 5) is 24.2. The molecule has 1 aliphatic rings. The molecule has 25 heavy (non-hydrogen) atoms. The van der Waals surface area contributed by atoms with Gasteiger partial charge in [-0.05, 0) is 37.0 Å². The van der Waals surface area contributed by atoms with Crippen LogP contribution in [-0.4, -0.2) is 42.5 Å². The Morgan fingerprint density at radius 3 is 2.64 bits per heavy atom. The summed E-state index contributed by atoms with van der Waals surface area (Å²) in [5.41, 5.74) is 0.809. The summed E-state index contributed by atoms with van der Waals surface area (Å²) in [6, 6.07) is 5.04. The molecule has 0 aromatic heterocycles. The van der Waals surface area contributed by atoms with Gasteiger partial charge in [0.25, 0.3) is 0 Å². The average Bonchev–Trinajstić information content (AvgIpc) is 2.55. The molecule has 1 aromatic carbocycles. The highest BCUT2D eigenvalue weighted by Crippen LogP contribution is 2.24. The molecule has 0 radical (unpaired) electrons. The van der Waals surface area contributed by atoms with Gasteiger partial charge in [-0.1, -0.05) is 29.3 Å². The Hall–Kier alpha value is -1.47. The molecule has 0 aliphatic carbocycles. The van der Waals surface area contributed by atoms with Crippen LogP contribution in [0.1, 0.15) is 18.4 Å². The van der Waals surface area contributed by atoms with Crippen LogP contribution in [0.3, 0.4) is 0 Å². The fourth-order valence-electron chi connectivity index (χ4n) is 2.74. The molecule has 1 aliphatic heterocycles. The SMILES string of the molecule is O=C(NCCc1ccc(Cl)cc1Cl)C1CCCN(C(=O)C(F)(F)F)C1. The first-order valence-corrected chi connectivity index (χ1v) is 8.52. The van der Waals surface area contributed by atoms with Crippen molar-refractivity contribution in [1.29, 1.82) is 0 Å². The summed E-state index contributed by atoms with van der Waals surface area (Å²) in [6.45, 7) is 0.0955. The maximum Gasteiger partial charge on any atom is 0.471 e. The first kappa shape index (κ1) is 19.8. The van der Waals surface area contributed by atoms with E-state index in [1.54, 1.807) is 18.2 Å². The summed E-state index contributed by atoms with van der Waals surface area (Å²) in [6.07, 6.45) is -3.62. The monoisotopic (exact) mass is 396 g/mol. The number of benzene rings is 1. The van der Waals surface area contributed by atoms with Crippen molar-refractivity contribution in [3.63, 3.8) is 0 Å². The normalized spacial score (nSPS) is 18.1. The van der Waals surface area contributed by atoms with Crippen molar-refractivity contribution in [2.75, 3.05) is 19.6 Å². The van der Waals surface area contributed by atoms with Crippen molar-refractivity contribution in [3.05, 3.63) is 33.8 Å². The molecule has 0 bridgehead atoms. The standard InChI is InChI=1S/C16H17Cl2F3N2O2/c17-12-4-3-10(13(18)8-12)5-6-22-14(24)11-2-1-7-23(9-11)15(25)16(19,20)21/h3-4,8,11H,1-2,5-7,9H2,(H,22,24). The molecule has 1 fully saturated rings. The lowest BCUT2D eigenvalue weighted by molar-refractivity contribution is -0.187. The van der Waals surface area contributed by atoms with E-state index in [0.717, 1.165) is 5.56 Å². The van der Waals surface area contributed by atoms with Crippen molar-refractivity contribution in [2.45, 2.75) is 25.4 Å². The highest BCUT2D eigenvalue weighted by Gasteiger charge is 2.44. The first-order valence-electron chi connectivity index (χ1n) is 7.76. The summed E-state index contributed by atoms with van der Waals surface area (Å²) in [5, 5.41) is 3.69. The van der Waals surface area contributed by atoms with Gasteiger partial charge in [-0.15, -0.1) is 0 Å². The van der Waals surface area contributed by atoms with E-state index in [2.05, 4.69) is 5.32 Å². The molecule has 9 heteroatoms. The molecular formula is C16H17Cl2F3N2O2. The number of rotatable bonds is 4. The van der Waals surface area contributed by atoms with E-state index >= 15 is 0 Å². The number of piperidine rings is 1. The molecule has 1 atom stereocenters. The maximum absolute atomic E-state index is 12.5. The molecule has 4 nitrogen and oxygen atoms in total. The third-order valence-electron chi connectivity index (χ3n) is 4.03. The minimum Gasteiger partial charge on any atom is -0.355 e. The molecule has 1 N–H and O–H groups in total. The number of likely N-dealkylation sites (tertiary alicyclic amines) is 1. The quantitative estimate of drug-likeness (QED) is 0.846. The number of hydrogen-bond acceptors (Lipinski definition) is 2. The van der Waals surface area contributed by atoms with Crippen molar-refractivity contribution >= 4 is 35.0 Å². The van der Waals surface area contributed by atoms with E-state index in [1.807, 2.05) is 0 Å². The van der Waals surface area contributed by atoms with E-state index in [-0.39, 0.29) is 19.0 Å². The van der Waals surface area contributed by atoms with E-state index < -0.39 is 18.0 Å². The molecule has 1 aromatic rings. The van der Waals surface area contributed by atoms with Gasteiger partial charge in [0.05, 0.1) is 5.92 Å². The summed E-state index contributed by atoms with van der Waals surface area (Å²) in [7, 11) is 0. The van der Waals surface area contributed by atoms with Gasteiger partial charge in [-0.2, -0.15) is 13.2 Å². The number of amides is 2. The number of nitrogens with zero attached hydrogens (tertiary/aromatic N) is 1. The second-order valence-corrected chi connectivity index (χ2v) is 6.71. The Bertz CT molecular complexity index is 653. The molecule has 2 rings (SSSR count). The highest BCUT2D eigenvalue weighted by atomic mass is 35.5. The number of carbonyl (C=O) groups is 2. The Morgan fingerprint density at radius 1 is 1.28 bits per heavy atom. The predicted molar refractivity (Wildman–Crippen MR) is 88.5 cm³/mol. The van der Waals surface area contributed by atoms with E-state index in [9.17, 15) is 22.8 Å². The van der Waals surface area contributed by atoms with Crippen LogP contribution in [-0.2, 0) is 16.0 Å². The molecule has 2 amide bonds. The van der Waals surface area contributed by atoms with Crippen LogP contribution in [0.15, 0.2) is 18.2 Å². The van der Waals surface area contributed by atoms with Gasteiger partial charge in [0.1, 0.15) is 0 Å². The third kappa shape index (κ3) is 5.51. The van der Waals surface area contributed by atoms with Gasteiger partial charge in [0.15, 0.2) is 0 Å². The van der Waals surface area contributed by atoms with Crippen molar-refractivity contribution < 1.29 is 22.8 Å². The molecule has 1 unspecified atom stereocenters. The van der Waals surface area contributed by atoms with Crippen LogP contribution >= 0.6 is 23.2 Å². The lowest BCUT2D eigenvalue weighted by Gasteiger charge is -2.32. The van der Waals surface area contributed by atoms with Crippen molar-refractivity contribution in [2.24, 2.45) is 5.92 Å². The Kier molecular flexibility index (Phi) is 6.57. The van der Waals surface area contributed by atoms with Crippen molar-refractivity contribution in [1.82, 2.24) is 10.2 Å². The predicted octanol–water partition coefficient (Wildman–Crippen LogP) is 3.45. The van der Waals surface area contributed by atoms with Crippen LogP contribution in [0.2, 0.25) is 10.0 Å². The third-order valence-corrected chi connectivity index (χ3v) is 4.62. The van der Waals surface area contributed by atoms with Gasteiger partial charge in [0.2, 0.25) is 5.91 Å². The second-order valence-electron chi connectivity index (χ2n) is 5.86. The van der Waals surface area contributed by atoms with E-state index in [1.165, 1.54) is 0 Å². The number of alkyl halides is 3. The topological polar surface area (TPSA) is 49.4 Å². The summed E-state index contributed by atoms with van der Waals surface area (Å²) < 4.78 is 37.5.